The monoisotopic (exact) mass is 511 g/mol. The number of carbonyl (C=O) groups is 2. The molecule has 0 fully saturated rings. The molecule has 3 aromatic rings. The molecular weight excluding hydrogens is 482 g/mol. The van der Waals surface area contributed by atoms with Crippen LogP contribution in [-0.2, 0) is 10.2 Å². The molecule has 0 unspecified atom stereocenters. The maximum absolute atomic E-state index is 12.9. The maximum Gasteiger partial charge on any atom is 0.322 e. The smallest absolute Gasteiger partial charge is 0.315 e. The number of hydrogen-bond acceptors (Lipinski definition) is 3. The lowest BCUT2D eigenvalue weighted by Crippen LogP contribution is -2.40. The summed E-state index contributed by atoms with van der Waals surface area (Å²) in [6.07, 6.45) is 0. The average molecular weight is 512 g/mol. The van der Waals surface area contributed by atoms with Crippen LogP contribution in [0.5, 0.6) is 0 Å². The molecule has 0 bridgehead atoms. The normalized spacial score (nSPS) is 11.2. The SMILES string of the molecule is CCN(CC(=O)Nc1cc(C(C)(C)C)nn1-c1cccc(C)c1)C(=O)Nc1ccccc1Br. The highest BCUT2D eigenvalue weighted by atomic mass is 79.9. The van der Waals surface area contributed by atoms with Crippen molar-refractivity contribution < 1.29 is 9.59 Å². The third-order valence-corrected chi connectivity index (χ3v) is 5.80. The maximum atomic E-state index is 12.9. The van der Waals surface area contributed by atoms with Crippen molar-refractivity contribution >= 4 is 39.4 Å². The highest BCUT2D eigenvalue weighted by molar-refractivity contribution is 9.10. The standard InChI is InChI=1S/C25H30BrN5O2/c1-6-30(24(33)27-20-13-8-7-12-19(20)26)16-23(32)28-22-15-21(25(3,4)5)29-31(22)18-11-9-10-17(2)14-18/h7-15H,6,16H2,1-5H3,(H,27,33)(H,28,32). The number of aromatic nitrogens is 2. The number of nitrogens with zero attached hydrogens (tertiary/aromatic N) is 3. The number of likely N-dealkylation sites (N-methyl/N-ethyl adjacent to an activating group) is 1. The van der Waals surface area contributed by atoms with E-state index < -0.39 is 0 Å². The van der Waals surface area contributed by atoms with Crippen molar-refractivity contribution in [1.82, 2.24) is 14.7 Å². The molecule has 0 spiro atoms. The molecule has 0 saturated heterocycles. The van der Waals surface area contributed by atoms with E-state index in [1.54, 1.807) is 10.7 Å². The first kappa shape index (κ1) is 24.5. The van der Waals surface area contributed by atoms with Gasteiger partial charge in [0.25, 0.3) is 0 Å². The van der Waals surface area contributed by atoms with E-state index in [1.165, 1.54) is 4.90 Å². The van der Waals surface area contributed by atoms with E-state index in [1.807, 2.05) is 62.4 Å². The topological polar surface area (TPSA) is 79.3 Å². The van der Waals surface area contributed by atoms with Crippen molar-refractivity contribution in [1.29, 1.82) is 0 Å². The summed E-state index contributed by atoms with van der Waals surface area (Å²) in [6.45, 7) is 10.4. The number of urea groups is 1. The van der Waals surface area contributed by atoms with Gasteiger partial charge in [0.1, 0.15) is 12.4 Å². The summed E-state index contributed by atoms with van der Waals surface area (Å²) in [5.74, 6) is 0.270. The predicted molar refractivity (Wildman–Crippen MR) is 136 cm³/mol. The van der Waals surface area contributed by atoms with E-state index in [-0.39, 0.29) is 23.9 Å². The molecule has 8 heteroatoms. The summed E-state index contributed by atoms with van der Waals surface area (Å²) in [6, 6.07) is 16.8. The van der Waals surface area contributed by atoms with Gasteiger partial charge in [-0.25, -0.2) is 9.48 Å². The number of aryl methyl sites for hydroxylation is 1. The lowest BCUT2D eigenvalue weighted by Gasteiger charge is -2.21. The van der Waals surface area contributed by atoms with Crippen molar-refractivity contribution in [3.05, 3.63) is 70.3 Å². The molecule has 0 atom stereocenters. The number of halogens is 1. The van der Waals surface area contributed by atoms with E-state index in [2.05, 4.69) is 47.3 Å². The molecule has 2 N–H and O–H groups in total. The quantitative estimate of drug-likeness (QED) is 0.443. The Labute approximate surface area is 203 Å². The molecule has 0 radical (unpaired) electrons. The van der Waals surface area contributed by atoms with E-state index in [9.17, 15) is 9.59 Å². The second-order valence-electron chi connectivity index (χ2n) is 8.89. The second kappa shape index (κ2) is 10.2. The Balaban J connectivity index is 1.79. The van der Waals surface area contributed by atoms with Crippen molar-refractivity contribution in [2.75, 3.05) is 23.7 Å². The highest BCUT2D eigenvalue weighted by Gasteiger charge is 2.23. The number of anilines is 2. The summed E-state index contributed by atoms with van der Waals surface area (Å²) in [4.78, 5) is 27.1. The Kier molecular flexibility index (Phi) is 7.58. The van der Waals surface area contributed by atoms with Gasteiger partial charge in [0, 0.05) is 22.5 Å². The van der Waals surface area contributed by atoms with Gasteiger partial charge in [0.2, 0.25) is 5.91 Å². The van der Waals surface area contributed by atoms with Gasteiger partial charge in [-0.05, 0) is 59.6 Å². The summed E-state index contributed by atoms with van der Waals surface area (Å²) >= 11 is 3.42. The number of amides is 3. The minimum absolute atomic E-state index is 0.0867. The Hall–Kier alpha value is -3.13. The number of para-hydroxylation sites is 1. The number of nitrogens with one attached hydrogen (secondary N) is 2. The van der Waals surface area contributed by atoms with Crippen LogP contribution in [0.2, 0.25) is 0 Å². The van der Waals surface area contributed by atoms with Gasteiger partial charge >= 0.3 is 6.03 Å². The van der Waals surface area contributed by atoms with E-state index in [0.29, 0.717) is 18.1 Å². The van der Waals surface area contributed by atoms with Crippen LogP contribution in [0.4, 0.5) is 16.3 Å². The summed E-state index contributed by atoms with van der Waals surface area (Å²) < 4.78 is 2.51. The first-order valence-electron chi connectivity index (χ1n) is 10.9. The van der Waals surface area contributed by atoms with Gasteiger partial charge in [0.05, 0.1) is 17.1 Å². The molecule has 0 aliphatic carbocycles. The zero-order valence-electron chi connectivity index (χ0n) is 19.6. The van der Waals surface area contributed by atoms with Gasteiger partial charge < -0.3 is 15.5 Å². The minimum Gasteiger partial charge on any atom is -0.315 e. The van der Waals surface area contributed by atoms with Gasteiger partial charge in [-0.15, -0.1) is 0 Å². The third-order valence-electron chi connectivity index (χ3n) is 5.11. The summed E-state index contributed by atoms with van der Waals surface area (Å²) in [5, 5.41) is 10.5. The van der Waals surface area contributed by atoms with Crippen LogP contribution < -0.4 is 10.6 Å². The molecule has 7 nitrogen and oxygen atoms in total. The van der Waals surface area contributed by atoms with Crippen molar-refractivity contribution in [2.24, 2.45) is 0 Å². The van der Waals surface area contributed by atoms with Crippen molar-refractivity contribution in [3.63, 3.8) is 0 Å². The summed E-state index contributed by atoms with van der Waals surface area (Å²) in [7, 11) is 0. The van der Waals surface area contributed by atoms with Crippen LogP contribution in [0.25, 0.3) is 5.69 Å². The molecule has 1 heterocycles. The molecule has 174 valence electrons. The number of hydrogen-bond donors (Lipinski definition) is 2. The molecule has 0 aliphatic rings. The zero-order chi connectivity index (χ0) is 24.2. The highest BCUT2D eigenvalue weighted by Crippen LogP contribution is 2.27. The van der Waals surface area contributed by atoms with Crippen molar-refractivity contribution in [3.8, 4) is 5.69 Å². The third kappa shape index (κ3) is 6.22. The minimum atomic E-state index is -0.345. The molecule has 0 saturated carbocycles. The fourth-order valence-corrected chi connectivity index (χ4v) is 3.62. The Bertz CT molecular complexity index is 1150. The summed E-state index contributed by atoms with van der Waals surface area (Å²) in [5.41, 5.74) is 3.28. The van der Waals surface area contributed by atoms with Crippen LogP contribution >= 0.6 is 15.9 Å². The number of carbonyl (C=O) groups excluding carboxylic acids is 2. The van der Waals surface area contributed by atoms with Crippen LogP contribution in [0.15, 0.2) is 59.1 Å². The first-order valence-corrected chi connectivity index (χ1v) is 11.7. The Morgan fingerprint density at radius 3 is 2.42 bits per heavy atom. The van der Waals surface area contributed by atoms with Crippen LogP contribution in [0, 0.1) is 6.92 Å². The van der Waals surface area contributed by atoms with Crippen molar-refractivity contribution in [2.45, 2.75) is 40.0 Å². The lowest BCUT2D eigenvalue weighted by atomic mass is 9.92. The molecule has 0 aliphatic heterocycles. The van der Waals surface area contributed by atoms with E-state index in [0.717, 1.165) is 21.4 Å². The molecule has 1 aromatic heterocycles. The largest absolute Gasteiger partial charge is 0.322 e. The number of benzene rings is 2. The van der Waals surface area contributed by atoms with E-state index >= 15 is 0 Å². The Morgan fingerprint density at radius 2 is 1.79 bits per heavy atom. The van der Waals surface area contributed by atoms with Gasteiger partial charge in [0.15, 0.2) is 0 Å². The fraction of sp³-hybridized carbons (Fsp3) is 0.320. The predicted octanol–water partition coefficient (Wildman–Crippen LogP) is 5.73. The molecule has 3 amide bonds. The average Bonchev–Trinajstić information content (AvgIpc) is 3.18. The molecular formula is C25H30BrN5O2. The fourth-order valence-electron chi connectivity index (χ4n) is 3.23. The van der Waals surface area contributed by atoms with Crippen LogP contribution in [0.1, 0.15) is 39.0 Å². The second-order valence-corrected chi connectivity index (χ2v) is 9.74. The molecule has 33 heavy (non-hydrogen) atoms. The van der Waals surface area contributed by atoms with E-state index in [4.69, 9.17) is 5.10 Å². The Morgan fingerprint density at radius 1 is 1.06 bits per heavy atom. The zero-order valence-corrected chi connectivity index (χ0v) is 21.2. The number of rotatable bonds is 6. The molecule has 3 rings (SSSR count). The first-order chi connectivity index (χ1) is 15.6. The lowest BCUT2D eigenvalue weighted by molar-refractivity contribution is -0.116. The van der Waals surface area contributed by atoms with Gasteiger partial charge in [-0.3, -0.25) is 4.79 Å². The van der Waals surface area contributed by atoms with Gasteiger partial charge in [-0.2, -0.15) is 5.10 Å². The van der Waals surface area contributed by atoms with Gasteiger partial charge in [-0.1, -0.05) is 45.0 Å². The van der Waals surface area contributed by atoms with Crippen LogP contribution in [-0.4, -0.2) is 39.7 Å². The molecule has 2 aromatic carbocycles. The van der Waals surface area contributed by atoms with Crippen LogP contribution in [0.3, 0.4) is 0 Å².